The van der Waals surface area contributed by atoms with E-state index in [-0.39, 0.29) is 6.54 Å². The first-order valence-electron chi connectivity index (χ1n) is 9.68. The molecule has 1 aliphatic carbocycles. The fraction of sp³-hybridized carbons (Fsp3) is 0.238. The van der Waals surface area contributed by atoms with Gasteiger partial charge in [-0.25, -0.2) is 0 Å². The normalized spacial score (nSPS) is 14.4. The molecular weight excluding hydrogens is 422 g/mol. The molecule has 0 atom stereocenters. The fourth-order valence-electron chi connectivity index (χ4n) is 3.48. The van der Waals surface area contributed by atoms with Crippen molar-refractivity contribution in [2.75, 3.05) is 6.54 Å². The van der Waals surface area contributed by atoms with Gasteiger partial charge in [-0.15, -0.1) is 3.36 Å². The topological polar surface area (TPSA) is 94.2 Å². The summed E-state index contributed by atoms with van der Waals surface area (Å²) in [4.78, 5) is 12.9. The Kier molecular flexibility index (Phi) is 4.80. The van der Waals surface area contributed by atoms with Gasteiger partial charge in [0.05, 0.1) is 11.3 Å². The van der Waals surface area contributed by atoms with E-state index in [1.54, 1.807) is 5.38 Å². The van der Waals surface area contributed by atoms with Crippen LogP contribution >= 0.6 is 11.5 Å². The van der Waals surface area contributed by atoms with Gasteiger partial charge in [0.2, 0.25) is 0 Å². The molecule has 0 spiro atoms. The molecule has 30 heavy (non-hydrogen) atoms. The molecule has 2 aromatic heterocycles. The Bertz CT molecular complexity index is 1380. The monoisotopic (exact) mass is 441 g/mol. The minimum absolute atomic E-state index is 0.121. The summed E-state index contributed by atoms with van der Waals surface area (Å²) in [6, 6.07) is 15.2. The molecule has 0 amide bonds. The number of hydrogen-bond donors (Lipinski definition) is 1. The first kappa shape index (κ1) is 19.2. The number of hydrogen-bond acceptors (Lipinski definition) is 6. The predicted molar refractivity (Wildman–Crippen MR) is 116 cm³/mol. The molecule has 2 heterocycles. The van der Waals surface area contributed by atoms with E-state index < -0.39 is 15.8 Å². The van der Waals surface area contributed by atoms with Crippen molar-refractivity contribution in [1.82, 2.24) is 13.2 Å². The highest BCUT2D eigenvalue weighted by Crippen LogP contribution is 2.39. The zero-order valence-corrected chi connectivity index (χ0v) is 17.6. The summed E-state index contributed by atoms with van der Waals surface area (Å²) in [5, 5.41) is 7.51. The molecule has 1 aliphatic rings. The van der Waals surface area contributed by atoms with Crippen molar-refractivity contribution in [1.29, 1.82) is 0 Å². The molecule has 4 aromatic rings. The van der Waals surface area contributed by atoms with Crippen LogP contribution in [-0.4, -0.2) is 23.5 Å². The van der Waals surface area contributed by atoms with E-state index in [1.165, 1.54) is 0 Å². The molecule has 0 saturated heterocycles. The number of benzene rings is 2. The van der Waals surface area contributed by atoms with Crippen molar-refractivity contribution in [2.24, 2.45) is 0 Å². The lowest BCUT2D eigenvalue weighted by molar-refractivity contribution is 0.377. The van der Waals surface area contributed by atoms with E-state index in [0.29, 0.717) is 23.7 Å². The third kappa shape index (κ3) is 3.60. The summed E-state index contributed by atoms with van der Waals surface area (Å²) >= 11 is 0.867. The molecule has 0 unspecified atom stereocenters. The summed E-state index contributed by atoms with van der Waals surface area (Å²) < 4.78 is 33.9. The van der Waals surface area contributed by atoms with Gasteiger partial charge in [-0.1, -0.05) is 47.6 Å². The SMILES string of the molecule is O=c1c(-c2cccc3ccccc23)csn1S(=O)(=O)NCCc1cc(C2CC2)no1. The van der Waals surface area contributed by atoms with Crippen molar-refractivity contribution in [3.05, 3.63) is 75.7 Å². The summed E-state index contributed by atoms with van der Waals surface area (Å²) in [5.41, 5.74) is 1.46. The van der Waals surface area contributed by atoms with Crippen LogP contribution in [0.15, 0.2) is 63.2 Å². The molecule has 1 N–H and O–H groups in total. The van der Waals surface area contributed by atoms with Crippen LogP contribution in [0.2, 0.25) is 0 Å². The van der Waals surface area contributed by atoms with Crippen LogP contribution in [0.4, 0.5) is 0 Å². The Morgan fingerprint density at radius 2 is 1.93 bits per heavy atom. The largest absolute Gasteiger partial charge is 0.361 e. The van der Waals surface area contributed by atoms with Crippen LogP contribution < -0.4 is 10.3 Å². The van der Waals surface area contributed by atoms with Crippen LogP contribution in [0, 0.1) is 0 Å². The number of nitrogens with one attached hydrogen (secondary N) is 1. The maximum Gasteiger partial charge on any atom is 0.317 e. The van der Waals surface area contributed by atoms with Gasteiger partial charge < -0.3 is 4.52 Å². The molecule has 0 radical (unpaired) electrons. The third-order valence-corrected chi connectivity index (χ3v) is 7.91. The van der Waals surface area contributed by atoms with Crippen LogP contribution in [-0.2, 0) is 16.6 Å². The summed E-state index contributed by atoms with van der Waals surface area (Å²) in [6.07, 6.45) is 2.62. The van der Waals surface area contributed by atoms with Crippen molar-refractivity contribution < 1.29 is 12.9 Å². The van der Waals surface area contributed by atoms with Gasteiger partial charge in [0.15, 0.2) is 0 Å². The second-order valence-electron chi connectivity index (χ2n) is 7.34. The van der Waals surface area contributed by atoms with E-state index in [2.05, 4.69) is 9.88 Å². The van der Waals surface area contributed by atoms with Crippen LogP contribution in [0.1, 0.15) is 30.2 Å². The Morgan fingerprint density at radius 1 is 1.13 bits per heavy atom. The van der Waals surface area contributed by atoms with Crippen LogP contribution in [0.5, 0.6) is 0 Å². The van der Waals surface area contributed by atoms with Gasteiger partial charge in [-0.05, 0) is 40.7 Å². The first-order chi connectivity index (χ1) is 14.5. The maximum atomic E-state index is 12.9. The van der Waals surface area contributed by atoms with Crippen LogP contribution in [0.25, 0.3) is 21.9 Å². The molecular formula is C21H19N3O4S2. The minimum Gasteiger partial charge on any atom is -0.361 e. The van der Waals surface area contributed by atoms with Gasteiger partial charge in [0.25, 0.3) is 5.56 Å². The van der Waals surface area contributed by atoms with E-state index >= 15 is 0 Å². The van der Waals surface area contributed by atoms with Gasteiger partial charge in [-0.2, -0.15) is 13.1 Å². The summed E-state index contributed by atoms with van der Waals surface area (Å²) in [6.45, 7) is 0.121. The lowest BCUT2D eigenvalue weighted by Crippen LogP contribution is -2.35. The van der Waals surface area contributed by atoms with Crippen molar-refractivity contribution >= 4 is 32.5 Å². The second-order valence-corrected chi connectivity index (χ2v) is 9.98. The third-order valence-electron chi connectivity index (χ3n) is 5.19. The number of rotatable bonds is 7. The highest BCUT2D eigenvalue weighted by Gasteiger charge is 2.27. The molecule has 1 fully saturated rings. The molecule has 154 valence electrons. The van der Waals surface area contributed by atoms with Crippen molar-refractivity contribution in [2.45, 2.75) is 25.2 Å². The van der Waals surface area contributed by atoms with E-state index in [1.807, 2.05) is 48.5 Å². The second kappa shape index (κ2) is 7.50. The van der Waals surface area contributed by atoms with Crippen LogP contribution in [0.3, 0.4) is 0 Å². The smallest absolute Gasteiger partial charge is 0.317 e. The standard InChI is InChI=1S/C21H19N3O4S2/c25-21-19(18-7-3-5-14-4-1-2-6-17(14)18)13-29-24(21)30(26,27)22-11-10-16-12-20(23-28-16)15-8-9-15/h1-7,12-13,15,22H,8-11H2. The molecule has 2 aromatic carbocycles. The summed E-state index contributed by atoms with van der Waals surface area (Å²) in [7, 11) is -3.99. The Labute approximate surface area is 177 Å². The van der Waals surface area contributed by atoms with Gasteiger partial charge in [-0.3, -0.25) is 4.79 Å². The zero-order chi connectivity index (χ0) is 20.7. The van der Waals surface area contributed by atoms with Gasteiger partial charge in [0, 0.05) is 30.3 Å². The number of nitrogens with zero attached hydrogens (tertiary/aromatic N) is 2. The average molecular weight is 442 g/mol. The molecule has 1 saturated carbocycles. The zero-order valence-electron chi connectivity index (χ0n) is 15.9. The molecule has 0 aliphatic heterocycles. The van der Waals surface area contributed by atoms with E-state index in [9.17, 15) is 13.2 Å². The van der Waals surface area contributed by atoms with Gasteiger partial charge in [0.1, 0.15) is 5.76 Å². The highest BCUT2D eigenvalue weighted by atomic mass is 32.3. The van der Waals surface area contributed by atoms with Crippen molar-refractivity contribution in [3.63, 3.8) is 0 Å². The van der Waals surface area contributed by atoms with E-state index in [0.717, 1.165) is 49.8 Å². The average Bonchev–Trinajstić information content (AvgIpc) is 3.36. The lowest BCUT2D eigenvalue weighted by atomic mass is 10.0. The number of fused-ring (bicyclic) bond motifs is 1. The maximum absolute atomic E-state index is 12.9. The fourth-order valence-corrected chi connectivity index (χ4v) is 5.64. The first-order valence-corrected chi connectivity index (χ1v) is 12.0. The molecule has 9 heteroatoms. The molecule has 7 nitrogen and oxygen atoms in total. The number of aromatic nitrogens is 2. The van der Waals surface area contributed by atoms with Crippen molar-refractivity contribution in [3.8, 4) is 11.1 Å². The van der Waals surface area contributed by atoms with E-state index in [4.69, 9.17) is 4.52 Å². The van der Waals surface area contributed by atoms with Gasteiger partial charge >= 0.3 is 10.2 Å². The minimum atomic E-state index is -3.99. The summed E-state index contributed by atoms with van der Waals surface area (Å²) in [5.74, 6) is 1.12. The Hall–Kier alpha value is -2.75. The lowest BCUT2D eigenvalue weighted by Gasteiger charge is -2.05. The molecule has 0 bridgehead atoms. The quantitative estimate of drug-likeness (QED) is 0.474. The predicted octanol–water partition coefficient (Wildman–Crippen LogP) is 3.52. The Balaban J connectivity index is 1.36. The molecule has 5 rings (SSSR count). The highest BCUT2D eigenvalue weighted by molar-refractivity contribution is 7.89. The Morgan fingerprint density at radius 3 is 2.77 bits per heavy atom.